The highest BCUT2D eigenvalue weighted by Gasteiger charge is 2.62. The standard InChI is InChI=1S/C20H31NO2/c1-12-11-16(22)20(3)9-7-14-13(18(12)20)5-6-15-19(14,2)10-8-17(23)21(15)4/h12-15,18H,5-11H2,1-4H3/t12-,13+,14-,15+,18-,19+,20+/m0/s1. The zero-order chi connectivity index (χ0) is 16.6. The van der Waals surface area contributed by atoms with Gasteiger partial charge in [-0.15, -0.1) is 0 Å². The van der Waals surface area contributed by atoms with E-state index >= 15 is 0 Å². The maximum Gasteiger partial charge on any atom is 0.222 e. The van der Waals surface area contributed by atoms with Crippen molar-refractivity contribution in [3.05, 3.63) is 0 Å². The summed E-state index contributed by atoms with van der Waals surface area (Å²) in [6, 6.07) is 0.418. The SMILES string of the molecule is C[C@H]1CC(=O)[C@@]2(C)CC[C@H]3[C@@H](CC[C@H]4N(C)C(=O)CC[C@]34C)[C@H]12. The van der Waals surface area contributed by atoms with E-state index in [4.69, 9.17) is 0 Å². The van der Waals surface area contributed by atoms with Gasteiger partial charge in [0.2, 0.25) is 5.91 Å². The lowest BCUT2D eigenvalue weighted by Gasteiger charge is -2.61. The summed E-state index contributed by atoms with van der Waals surface area (Å²) < 4.78 is 0. The van der Waals surface area contributed by atoms with Gasteiger partial charge in [-0.25, -0.2) is 0 Å². The van der Waals surface area contributed by atoms with Crippen molar-refractivity contribution in [3.8, 4) is 0 Å². The zero-order valence-electron chi connectivity index (χ0n) is 15.1. The molecule has 7 atom stereocenters. The van der Waals surface area contributed by atoms with Crippen LogP contribution < -0.4 is 0 Å². The van der Waals surface area contributed by atoms with Crippen LogP contribution >= 0.6 is 0 Å². The Hall–Kier alpha value is -0.860. The number of likely N-dealkylation sites (tertiary alicyclic amines) is 1. The van der Waals surface area contributed by atoms with E-state index in [2.05, 4.69) is 25.7 Å². The van der Waals surface area contributed by atoms with E-state index in [-0.39, 0.29) is 10.8 Å². The highest BCUT2D eigenvalue weighted by atomic mass is 16.2. The molecule has 3 nitrogen and oxygen atoms in total. The monoisotopic (exact) mass is 317 g/mol. The number of hydrogen-bond donors (Lipinski definition) is 0. The Labute approximate surface area is 140 Å². The van der Waals surface area contributed by atoms with Crippen LogP contribution in [0.4, 0.5) is 0 Å². The van der Waals surface area contributed by atoms with Crippen molar-refractivity contribution in [2.45, 2.75) is 71.8 Å². The third-order valence-corrected chi connectivity index (χ3v) is 8.57. The fourth-order valence-electron chi connectivity index (χ4n) is 7.43. The lowest BCUT2D eigenvalue weighted by molar-refractivity contribution is -0.160. The van der Waals surface area contributed by atoms with Crippen LogP contribution in [-0.2, 0) is 9.59 Å². The molecule has 4 fully saturated rings. The molecule has 4 rings (SSSR count). The van der Waals surface area contributed by atoms with Crippen LogP contribution in [0.25, 0.3) is 0 Å². The molecule has 0 bridgehead atoms. The summed E-state index contributed by atoms with van der Waals surface area (Å²) in [6.07, 6.45) is 7.15. The zero-order valence-corrected chi connectivity index (χ0v) is 15.1. The molecule has 0 radical (unpaired) electrons. The van der Waals surface area contributed by atoms with Crippen LogP contribution in [-0.4, -0.2) is 29.7 Å². The van der Waals surface area contributed by atoms with Crippen LogP contribution in [0.3, 0.4) is 0 Å². The smallest absolute Gasteiger partial charge is 0.222 e. The normalized spacial score (nSPS) is 52.9. The number of carbonyl (C=O) groups excluding carboxylic acids is 2. The molecule has 0 aromatic rings. The van der Waals surface area contributed by atoms with Gasteiger partial charge in [-0.1, -0.05) is 20.8 Å². The highest BCUT2D eigenvalue weighted by Crippen LogP contribution is 2.64. The first kappa shape index (κ1) is 15.7. The second-order valence-corrected chi connectivity index (χ2v) is 9.46. The van der Waals surface area contributed by atoms with Gasteiger partial charge < -0.3 is 4.90 Å². The first-order valence-corrected chi connectivity index (χ1v) is 9.58. The molecule has 3 aliphatic carbocycles. The Morgan fingerprint density at radius 2 is 1.83 bits per heavy atom. The minimum absolute atomic E-state index is 0.0554. The number of nitrogens with zero attached hydrogens (tertiary/aromatic N) is 1. The largest absolute Gasteiger partial charge is 0.342 e. The van der Waals surface area contributed by atoms with Crippen LogP contribution in [0.1, 0.15) is 65.7 Å². The summed E-state index contributed by atoms with van der Waals surface area (Å²) in [4.78, 5) is 26.8. The predicted octanol–water partition coefficient (Wildman–Crippen LogP) is 3.66. The van der Waals surface area contributed by atoms with Gasteiger partial charge in [0, 0.05) is 31.3 Å². The molecule has 23 heavy (non-hydrogen) atoms. The van der Waals surface area contributed by atoms with E-state index in [0.717, 1.165) is 25.7 Å². The fraction of sp³-hybridized carbons (Fsp3) is 0.900. The Morgan fingerprint density at radius 3 is 2.57 bits per heavy atom. The molecule has 1 aliphatic heterocycles. The third kappa shape index (κ3) is 1.88. The van der Waals surface area contributed by atoms with E-state index in [1.807, 2.05) is 7.05 Å². The molecular weight excluding hydrogens is 286 g/mol. The second-order valence-electron chi connectivity index (χ2n) is 9.46. The molecule has 4 aliphatic rings. The number of piperidine rings is 1. The van der Waals surface area contributed by atoms with Crippen LogP contribution in [0, 0.1) is 34.5 Å². The van der Waals surface area contributed by atoms with Gasteiger partial charge in [-0.2, -0.15) is 0 Å². The maximum absolute atomic E-state index is 12.6. The molecule has 3 heteroatoms. The molecule has 0 N–H and O–H groups in total. The molecule has 0 spiro atoms. The van der Waals surface area contributed by atoms with E-state index in [1.165, 1.54) is 12.8 Å². The molecule has 3 saturated carbocycles. The van der Waals surface area contributed by atoms with Gasteiger partial charge >= 0.3 is 0 Å². The van der Waals surface area contributed by atoms with E-state index in [0.29, 0.717) is 47.8 Å². The molecule has 1 amide bonds. The first-order valence-electron chi connectivity index (χ1n) is 9.58. The predicted molar refractivity (Wildman–Crippen MR) is 89.7 cm³/mol. The van der Waals surface area contributed by atoms with Crippen molar-refractivity contribution in [2.24, 2.45) is 34.5 Å². The Balaban J connectivity index is 1.69. The van der Waals surface area contributed by atoms with Gasteiger partial charge in [-0.3, -0.25) is 9.59 Å². The van der Waals surface area contributed by atoms with Gasteiger partial charge in [0.15, 0.2) is 0 Å². The van der Waals surface area contributed by atoms with Crippen molar-refractivity contribution >= 4 is 11.7 Å². The molecule has 0 aromatic heterocycles. The third-order valence-electron chi connectivity index (χ3n) is 8.57. The second kappa shape index (κ2) is 4.83. The molecule has 128 valence electrons. The highest BCUT2D eigenvalue weighted by molar-refractivity contribution is 5.87. The van der Waals surface area contributed by atoms with Crippen molar-refractivity contribution in [1.82, 2.24) is 4.90 Å². The number of Topliss-reactive ketones (excluding diaryl/α,β-unsaturated/α-hetero) is 1. The Kier molecular flexibility index (Phi) is 3.29. The summed E-state index contributed by atoms with van der Waals surface area (Å²) in [5.74, 6) is 3.37. The van der Waals surface area contributed by atoms with Crippen molar-refractivity contribution < 1.29 is 9.59 Å². The number of rotatable bonds is 0. The lowest BCUT2D eigenvalue weighted by atomic mass is 9.47. The summed E-state index contributed by atoms with van der Waals surface area (Å²) in [5, 5.41) is 0. The lowest BCUT2D eigenvalue weighted by Crippen LogP contribution is -2.61. The first-order chi connectivity index (χ1) is 10.8. The Morgan fingerprint density at radius 1 is 1.09 bits per heavy atom. The average Bonchev–Trinajstić information content (AvgIpc) is 2.73. The number of carbonyl (C=O) groups is 2. The summed E-state index contributed by atoms with van der Waals surface area (Å²) in [7, 11) is 2.01. The summed E-state index contributed by atoms with van der Waals surface area (Å²) in [6.45, 7) is 7.01. The minimum atomic E-state index is -0.0554. The van der Waals surface area contributed by atoms with E-state index in [1.54, 1.807) is 0 Å². The Bertz CT molecular complexity index is 558. The van der Waals surface area contributed by atoms with Crippen molar-refractivity contribution in [2.75, 3.05) is 7.05 Å². The van der Waals surface area contributed by atoms with Gasteiger partial charge in [0.25, 0.3) is 0 Å². The van der Waals surface area contributed by atoms with Gasteiger partial charge in [0.05, 0.1) is 0 Å². The quantitative estimate of drug-likeness (QED) is 0.683. The van der Waals surface area contributed by atoms with E-state index in [9.17, 15) is 9.59 Å². The van der Waals surface area contributed by atoms with Crippen LogP contribution in [0.15, 0.2) is 0 Å². The molecule has 1 heterocycles. The van der Waals surface area contributed by atoms with E-state index < -0.39 is 0 Å². The maximum atomic E-state index is 12.6. The van der Waals surface area contributed by atoms with Gasteiger partial charge in [0.1, 0.15) is 5.78 Å². The molecule has 1 saturated heterocycles. The molecule has 0 unspecified atom stereocenters. The van der Waals surface area contributed by atoms with Crippen LogP contribution in [0.5, 0.6) is 0 Å². The fourth-order valence-corrected chi connectivity index (χ4v) is 7.43. The number of hydrogen-bond acceptors (Lipinski definition) is 2. The number of fused-ring (bicyclic) bond motifs is 5. The van der Waals surface area contributed by atoms with Crippen molar-refractivity contribution in [1.29, 1.82) is 0 Å². The van der Waals surface area contributed by atoms with Gasteiger partial charge in [-0.05, 0) is 61.2 Å². The molecular formula is C20H31NO2. The summed E-state index contributed by atoms with van der Waals surface area (Å²) >= 11 is 0. The summed E-state index contributed by atoms with van der Waals surface area (Å²) in [5.41, 5.74) is 0.207. The van der Waals surface area contributed by atoms with Crippen LogP contribution in [0.2, 0.25) is 0 Å². The minimum Gasteiger partial charge on any atom is -0.342 e. The number of ketones is 1. The average molecular weight is 317 g/mol. The number of amides is 1. The van der Waals surface area contributed by atoms with Crippen molar-refractivity contribution in [3.63, 3.8) is 0 Å². The topological polar surface area (TPSA) is 37.4 Å². The molecule has 0 aromatic carbocycles.